The molecule has 94 valence electrons. The maximum atomic E-state index is 5.64. The molecule has 0 unspecified atom stereocenters. The largest absolute Gasteiger partial charge is 0.438 e. The van der Waals surface area contributed by atoms with Crippen LogP contribution in [0.1, 0.15) is 31.0 Å². The van der Waals surface area contributed by atoms with Gasteiger partial charge >= 0.3 is 0 Å². The molecule has 0 spiro atoms. The number of rotatable bonds is 4. The minimum Gasteiger partial charge on any atom is -0.438 e. The normalized spacial score (nSPS) is 10.7. The van der Waals surface area contributed by atoms with Crippen molar-refractivity contribution in [1.82, 2.24) is 10.2 Å². The molecule has 0 aliphatic rings. The molecule has 3 nitrogen and oxygen atoms in total. The number of nitrogens with zero attached hydrogens (tertiary/aromatic N) is 2. The summed E-state index contributed by atoms with van der Waals surface area (Å²) in [6.45, 7) is 4.32. The molecule has 1 heterocycles. The van der Waals surface area contributed by atoms with Crippen LogP contribution in [0.5, 0.6) is 11.6 Å². The van der Waals surface area contributed by atoms with Gasteiger partial charge in [-0.25, -0.2) is 0 Å². The van der Waals surface area contributed by atoms with E-state index in [0.717, 1.165) is 11.4 Å². The number of benzene rings is 1. The fraction of sp³-hybridized carbons (Fsp3) is 0.286. The van der Waals surface area contributed by atoms with Crippen LogP contribution in [0.3, 0.4) is 0 Å². The second-order valence-electron chi connectivity index (χ2n) is 4.32. The van der Waals surface area contributed by atoms with Crippen molar-refractivity contribution in [2.75, 3.05) is 0 Å². The zero-order valence-electron chi connectivity index (χ0n) is 10.4. The quantitative estimate of drug-likeness (QED) is 0.777. The Kier molecular flexibility index (Phi) is 4.15. The van der Waals surface area contributed by atoms with Gasteiger partial charge in [0.15, 0.2) is 0 Å². The number of aromatic nitrogens is 2. The monoisotopic (exact) mass is 262 g/mol. The molecule has 0 saturated carbocycles. The Hall–Kier alpha value is -1.61. The molecular formula is C14H15ClN2O. The molecule has 0 aliphatic heterocycles. The van der Waals surface area contributed by atoms with E-state index in [1.54, 1.807) is 12.1 Å². The molecule has 2 rings (SSSR count). The SMILES string of the molecule is CC(C)c1ccc(Oc2ccc(CCl)nn2)cc1. The van der Waals surface area contributed by atoms with Crippen molar-refractivity contribution in [2.45, 2.75) is 25.6 Å². The summed E-state index contributed by atoms with van der Waals surface area (Å²) in [4.78, 5) is 0. The van der Waals surface area contributed by atoms with E-state index in [0.29, 0.717) is 17.7 Å². The summed E-state index contributed by atoms with van der Waals surface area (Å²) < 4.78 is 5.60. The smallest absolute Gasteiger partial charge is 0.238 e. The van der Waals surface area contributed by atoms with Crippen molar-refractivity contribution in [3.63, 3.8) is 0 Å². The lowest BCUT2D eigenvalue weighted by Crippen LogP contribution is -1.94. The molecular weight excluding hydrogens is 248 g/mol. The van der Waals surface area contributed by atoms with Crippen LogP contribution in [-0.2, 0) is 5.88 Å². The van der Waals surface area contributed by atoms with Gasteiger partial charge < -0.3 is 4.74 Å². The molecule has 0 aliphatic carbocycles. The summed E-state index contributed by atoms with van der Waals surface area (Å²) in [5.74, 6) is 2.10. The molecule has 0 fully saturated rings. The van der Waals surface area contributed by atoms with Gasteiger partial charge in [-0.1, -0.05) is 26.0 Å². The van der Waals surface area contributed by atoms with E-state index in [9.17, 15) is 0 Å². The van der Waals surface area contributed by atoms with Crippen molar-refractivity contribution >= 4 is 11.6 Å². The zero-order chi connectivity index (χ0) is 13.0. The highest BCUT2D eigenvalue weighted by atomic mass is 35.5. The van der Waals surface area contributed by atoms with Crippen LogP contribution in [0.25, 0.3) is 0 Å². The van der Waals surface area contributed by atoms with E-state index in [2.05, 4.69) is 36.2 Å². The molecule has 0 radical (unpaired) electrons. The summed E-state index contributed by atoms with van der Waals surface area (Å²) in [6.07, 6.45) is 0. The lowest BCUT2D eigenvalue weighted by molar-refractivity contribution is 0.454. The van der Waals surface area contributed by atoms with Crippen LogP contribution < -0.4 is 4.74 Å². The van der Waals surface area contributed by atoms with E-state index in [1.807, 2.05) is 12.1 Å². The van der Waals surface area contributed by atoms with Gasteiger partial charge in [-0.15, -0.1) is 16.7 Å². The average molecular weight is 263 g/mol. The van der Waals surface area contributed by atoms with Gasteiger partial charge in [0.1, 0.15) is 5.75 Å². The van der Waals surface area contributed by atoms with E-state index < -0.39 is 0 Å². The maximum Gasteiger partial charge on any atom is 0.238 e. The summed E-state index contributed by atoms with van der Waals surface area (Å²) >= 11 is 5.64. The third-order valence-corrected chi connectivity index (χ3v) is 2.88. The lowest BCUT2D eigenvalue weighted by Gasteiger charge is -2.07. The highest BCUT2D eigenvalue weighted by Gasteiger charge is 2.02. The van der Waals surface area contributed by atoms with E-state index >= 15 is 0 Å². The Bertz CT molecular complexity index is 494. The third-order valence-electron chi connectivity index (χ3n) is 2.60. The van der Waals surface area contributed by atoms with Crippen LogP contribution >= 0.6 is 11.6 Å². The zero-order valence-corrected chi connectivity index (χ0v) is 11.2. The van der Waals surface area contributed by atoms with Gasteiger partial charge in [0, 0.05) is 6.07 Å². The number of halogens is 1. The highest BCUT2D eigenvalue weighted by molar-refractivity contribution is 6.16. The second-order valence-corrected chi connectivity index (χ2v) is 4.59. The fourth-order valence-electron chi connectivity index (χ4n) is 1.51. The van der Waals surface area contributed by atoms with Gasteiger partial charge in [-0.3, -0.25) is 0 Å². The van der Waals surface area contributed by atoms with E-state index in [1.165, 1.54) is 5.56 Å². The average Bonchev–Trinajstić information content (AvgIpc) is 2.40. The van der Waals surface area contributed by atoms with Crippen LogP contribution in [0.15, 0.2) is 36.4 Å². The van der Waals surface area contributed by atoms with Gasteiger partial charge in [0.25, 0.3) is 0 Å². The molecule has 0 atom stereocenters. The van der Waals surface area contributed by atoms with Crippen molar-refractivity contribution in [3.8, 4) is 11.6 Å². The molecule has 0 N–H and O–H groups in total. The second kappa shape index (κ2) is 5.83. The van der Waals surface area contributed by atoms with Crippen LogP contribution in [0.2, 0.25) is 0 Å². The summed E-state index contributed by atoms with van der Waals surface area (Å²) in [5, 5.41) is 7.88. The number of hydrogen-bond acceptors (Lipinski definition) is 3. The number of ether oxygens (including phenoxy) is 1. The standard InChI is InChI=1S/C14H15ClN2O/c1-10(2)11-3-6-13(7-4-11)18-14-8-5-12(9-15)16-17-14/h3-8,10H,9H2,1-2H3. The predicted octanol–water partition coefficient (Wildman–Crippen LogP) is 4.13. The predicted molar refractivity (Wildman–Crippen MR) is 72.2 cm³/mol. The Balaban J connectivity index is 2.08. The van der Waals surface area contributed by atoms with Gasteiger partial charge in [-0.2, -0.15) is 5.10 Å². The van der Waals surface area contributed by atoms with Gasteiger partial charge in [-0.05, 0) is 29.7 Å². The fourth-order valence-corrected chi connectivity index (χ4v) is 1.66. The summed E-state index contributed by atoms with van der Waals surface area (Å²) in [7, 11) is 0. The van der Waals surface area contributed by atoms with Gasteiger partial charge in [0.2, 0.25) is 5.88 Å². The number of alkyl halides is 1. The van der Waals surface area contributed by atoms with Crippen LogP contribution in [-0.4, -0.2) is 10.2 Å². The van der Waals surface area contributed by atoms with Crippen molar-refractivity contribution < 1.29 is 4.74 Å². The van der Waals surface area contributed by atoms with Crippen molar-refractivity contribution in [3.05, 3.63) is 47.7 Å². The van der Waals surface area contributed by atoms with Crippen molar-refractivity contribution in [2.24, 2.45) is 0 Å². The van der Waals surface area contributed by atoms with E-state index in [4.69, 9.17) is 16.3 Å². The minimum atomic E-state index is 0.358. The molecule has 1 aromatic carbocycles. The Labute approximate surface area is 112 Å². The molecule has 0 amide bonds. The van der Waals surface area contributed by atoms with Gasteiger partial charge in [0.05, 0.1) is 11.6 Å². The molecule has 18 heavy (non-hydrogen) atoms. The van der Waals surface area contributed by atoms with Crippen molar-refractivity contribution in [1.29, 1.82) is 0 Å². The minimum absolute atomic E-state index is 0.358. The first-order chi connectivity index (χ1) is 8.69. The molecule has 2 aromatic rings. The lowest BCUT2D eigenvalue weighted by atomic mass is 10.0. The molecule has 4 heteroatoms. The first-order valence-electron chi connectivity index (χ1n) is 5.85. The molecule has 0 saturated heterocycles. The first kappa shape index (κ1) is 12.8. The topological polar surface area (TPSA) is 35.0 Å². The number of hydrogen-bond donors (Lipinski definition) is 0. The highest BCUT2D eigenvalue weighted by Crippen LogP contribution is 2.22. The molecule has 1 aromatic heterocycles. The van der Waals surface area contributed by atoms with Crippen LogP contribution in [0.4, 0.5) is 0 Å². The Morgan fingerprint density at radius 3 is 2.28 bits per heavy atom. The maximum absolute atomic E-state index is 5.64. The van der Waals surface area contributed by atoms with E-state index in [-0.39, 0.29) is 0 Å². The summed E-state index contributed by atoms with van der Waals surface area (Å²) in [5.41, 5.74) is 2.02. The first-order valence-corrected chi connectivity index (χ1v) is 6.39. The third kappa shape index (κ3) is 3.20. The van der Waals surface area contributed by atoms with Crippen LogP contribution in [0, 0.1) is 0 Å². The summed E-state index contributed by atoms with van der Waals surface area (Å²) in [6, 6.07) is 11.6. The Morgan fingerprint density at radius 2 is 1.78 bits per heavy atom. The Morgan fingerprint density at radius 1 is 1.06 bits per heavy atom. The molecule has 0 bridgehead atoms.